The first kappa shape index (κ1) is 18.7. The molecule has 5 nitrogen and oxygen atoms in total. The van der Waals surface area contributed by atoms with Gasteiger partial charge >= 0.3 is 0 Å². The second-order valence-electron chi connectivity index (χ2n) is 5.91. The van der Waals surface area contributed by atoms with Crippen molar-refractivity contribution in [2.45, 2.75) is 0 Å². The molecule has 7 heteroatoms. The molecule has 0 aliphatic carbocycles. The van der Waals surface area contributed by atoms with E-state index in [0.29, 0.717) is 48.1 Å². The number of hydrogen-bond donors (Lipinski definition) is 0. The first-order valence-corrected chi connectivity index (χ1v) is 9.35. The summed E-state index contributed by atoms with van der Waals surface area (Å²) in [5.41, 5.74) is 1.06. The Morgan fingerprint density at radius 1 is 0.962 bits per heavy atom. The van der Waals surface area contributed by atoms with Crippen LogP contribution in [0.5, 0.6) is 5.75 Å². The van der Waals surface area contributed by atoms with Crippen molar-refractivity contribution in [3.8, 4) is 5.75 Å². The third-order valence-corrected chi connectivity index (χ3v) is 5.28. The van der Waals surface area contributed by atoms with Gasteiger partial charge in [-0.1, -0.05) is 23.7 Å². The van der Waals surface area contributed by atoms with Crippen molar-refractivity contribution in [3.63, 3.8) is 0 Å². The zero-order valence-corrected chi connectivity index (χ0v) is 16.6. The van der Waals surface area contributed by atoms with E-state index >= 15 is 0 Å². The predicted molar refractivity (Wildman–Crippen MR) is 104 cm³/mol. The van der Waals surface area contributed by atoms with Crippen LogP contribution < -0.4 is 4.74 Å². The number of benzene rings is 2. The van der Waals surface area contributed by atoms with Crippen LogP contribution in [0.2, 0.25) is 5.02 Å². The zero-order chi connectivity index (χ0) is 18.7. The van der Waals surface area contributed by atoms with E-state index in [1.165, 1.54) is 7.11 Å². The van der Waals surface area contributed by atoms with Gasteiger partial charge in [-0.3, -0.25) is 9.59 Å². The molecule has 0 saturated carbocycles. The first-order valence-electron chi connectivity index (χ1n) is 8.18. The molecule has 1 saturated heterocycles. The molecular formula is C19H18BrClN2O3. The molecule has 2 aromatic rings. The van der Waals surface area contributed by atoms with Crippen molar-refractivity contribution in [3.05, 3.63) is 63.1 Å². The molecule has 1 aliphatic heterocycles. The van der Waals surface area contributed by atoms with Gasteiger partial charge in [0.2, 0.25) is 0 Å². The van der Waals surface area contributed by atoms with Crippen LogP contribution >= 0.6 is 27.5 Å². The molecular weight excluding hydrogens is 420 g/mol. The maximum atomic E-state index is 12.8. The number of halogens is 2. The lowest BCUT2D eigenvalue weighted by atomic mass is 10.1. The van der Waals surface area contributed by atoms with Crippen molar-refractivity contribution in [1.82, 2.24) is 9.80 Å². The fourth-order valence-corrected chi connectivity index (χ4v) is 3.56. The highest BCUT2D eigenvalue weighted by molar-refractivity contribution is 9.10. The van der Waals surface area contributed by atoms with Gasteiger partial charge in [-0.2, -0.15) is 0 Å². The Balaban J connectivity index is 1.69. The van der Waals surface area contributed by atoms with Gasteiger partial charge in [0.15, 0.2) is 0 Å². The smallest absolute Gasteiger partial charge is 0.257 e. The second kappa shape index (κ2) is 8.10. The predicted octanol–water partition coefficient (Wildman–Crippen LogP) is 3.71. The number of methoxy groups -OCH3 is 1. The fourth-order valence-electron chi connectivity index (χ4n) is 2.94. The highest BCUT2D eigenvalue weighted by Crippen LogP contribution is 2.25. The molecule has 136 valence electrons. The molecule has 1 aliphatic rings. The van der Waals surface area contributed by atoms with Crippen LogP contribution in [0.4, 0.5) is 0 Å². The van der Waals surface area contributed by atoms with Gasteiger partial charge in [0.1, 0.15) is 5.75 Å². The number of carbonyl (C=O) groups is 2. The number of nitrogens with zero attached hydrogens (tertiary/aromatic N) is 2. The number of hydrogen-bond acceptors (Lipinski definition) is 3. The fraction of sp³-hybridized carbons (Fsp3) is 0.263. The molecule has 1 fully saturated rings. The Morgan fingerprint density at radius 2 is 1.54 bits per heavy atom. The topological polar surface area (TPSA) is 49.9 Å². The van der Waals surface area contributed by atoms with E-state index in [1.807, 2.05) is 18.2 Å². The van der Waals surface area contributed by atoms with Crippen molar-refractivity contribution >= 4 is 39.3 Å². The highest BCUT2D eigenvalue weighted by Gasteiger charge is 2.27. The maximum absolute atomic E-state index is 12.8. The van der Waals surface area contributed by atoms with E-state index in [4.69, 9.17) is 16.3 Å². The van der Waals surface area contributed by atoms with Gasteiger partial charge in [0, 0.05) is 35.7 Å². The van der Waals surface area contributed by atoms with E-state index in [1.54, 1.807) is 34.1 Å². The highest BCUT2D eigenvalue weighted by atomic mass is 79.9. The molecule has 1 heterocycles. The Morgan fingerprint density at radius 3 is 2.12 bits per heavy atom. The molecule has 0 aromatic heterocycles. The Hall–Kier alpha value is -2.05. The standard InChI is InChI=1S/C19H18BrClN2O3/c1-26-17-7-6-13(21)12-15(17)19(25)23-10-8-22(9-11-23)18(24)14-4-2-3-5-16(14)20/h2-7,12H,8-11H2,1H3. The lowest BCUT2D eigenvalue weighted by Gasteiger charge is -2.35. The Bertz CT molecular complexity index is 835. The first-order chi connectivity index (χ1) is 12.5. The minimum atomic E-state index is -0.141. The molecule has 0 atom stereocenters. The van der Waals surface area contributed by atoms with Crippen LogP contribution in [0.25, 0.3) is 0 Å². The number of carbonyl (C=O) groups excluding carboxylic acids is 2. The SMILES string of the molecule is COc1ccc(Cl)cc1C(=O)N1CCN(C(=O)c2ccccc2Br)CC1. The summed E-state index contributed by atoms with van der Waals surface area (Å²) in [5.74, 6) is 0.313. The number of piperazine rings is 1. The summed E-state index contributed by atoms with van der Waals surface area (Å²) in [6.45, 7) is 1.89. The molecule has 0 spiro atoms. The molecule has 0 bridgehead atoms. The minimum absolute atomic E-state index is 0.0371. The van der Waals surface area contributed by atoms with Crippen molar-refractivity contribution in [1.29, 1.82) is 0 Å². The number of ether oxygens (including phenoxy) is 1. The van der Waals surface area contributed by atoms with Crippen molar-refractivity contribution in [2.75, 3.05) is 33.3 Å². The van der Waals surface area contributed by atoms with Crippen molar-refractivity contribution < 1.29 is 14.3 Å². The molecule has 0 N–H and O–H groups in total. The molecule has 0 unspecified atom stereocenters. The van der Waals surface area contributed by atoms with Crippen LogP contribution in [0.15, 0.2) is 46.9 Å². The average molecular weight is 438 g/mol. The monoisotopic (exact) mass is 436 g/mol. The minimum Gasteiger partial charge on any atom is -0.496 e. The van der Waals surface area contributed by atoms with Crippen LogP contribution in [0, 0.1) is 0 Å². The second-order valence-corrected chi connectivity index (χ2v) is 7.20. The normalized spacial score (nSPS) is 14.3. The zero-order valence-electron chi connectivity index (χ0n) is 14.2. The van der Waals surface area contributed by atoms with Crippen LogP contribution in [-0.4, -0.2) is 54.9 Å². The van der Waals surface area contributed by atoms with Crippen LogP contribution in [-0.2, 0) is 0 Å². The van der Waals surface area contributed by atoms with E-state index in [0.717, 1.165) is 4.47 Å². The Labute approximate surface area is 165 Å². The summed E-state index contributed by atoms with van der Waals surface area (Å²) in [6.07, 6.45) is 0. The van der Waals surface area contributed by atoms with Gasteiger partial charge < -0.3 is 14.5 Å². The third-order valence-electron chi connectivity index (χ3n) is 4.35. The maximum Gasteiger partial charge on any atom is 0.257 e. The summed E-state index contributed by atoms with van der Waals surface area (Å²) >= 11 is 9.43. The third kappa shape index (κ3) is 3.86. The summed E-state index contributed by atoms with van der Waals surface area (Å²) < 4.78 is 6.04. The van der Waals surface area contributed by atoms with Crippen LogP contribution in [0.1, 0.15) is 20.7 Å². The van der Waals surface area contributed by atoms with E-state index in [9.17, 15) is 9.59 Å². The summed E-state index contributed by atoms with van der Waals surface area (Å²) in [4.78, 5) is 29.0. The summed E-state index contributed by atoms with van der Waals surface area (Å²) in [7, 11) is 1.52. The number of amides is 2. The summed E-state index contributed by atoms with van der Waals surface area (Å²) in [6, 6.07) is 12.3. The molecule has 0 radical (unpaired) electrons. The molecule has 2 amide bonds. The van der Waals surface area contributed by atoms with Gasteiger partial charge in [-0.05, 0) is 46.3 Å². The Kier molecular flexibility index (Phi) is 5.84. The van der Waals surface area contributed by atoms with Gasteiger partial charge in [0.05, 0.1) is 18.2 Å². The summed E-state index contributed by atoms with van der Waals surface area (Å²) in [5, 5.41) is 0.483. The van der Waals surface area contributed by atoms with Gasteiger partial charge in [-0.25, -0.2) is 0 Å². The van der Waals surface area contributed by atoms with E-state index in [2.05, 4.69) is 15.9 Å². The van der Waals surface area contributed by atoms with E-state index < -0.39 is 0 Å². The lowest BCUT2D eigenvalue weighted by Crippen LogP contribution is -2.50. The average Bonchev–Trinajstić information content (AvgIpc) is 2.67. The van der Waals surface area contributed by atoms with Crippen LogP contribution in [0.3, 0.4) is 0 Å². The lowest BCUT2D eigenvalue weighted by molar-refractivity contribution is 0.0533. The molecule has 26 heavy (non-hydrogen) atoms. The van der Waals surface area contributed by atoms with Crippen molar-refractivity contribution in [2.24, 2.45) is 0 Å². The molecule has 2 aromatic carbocycles. The van der Waals surface area contributed by atoms with Gasteiger partial charge in [0.25, 0.3) is 11.8 Å². The van der Waals surface area contributed by atoms with E-state index in [-0.39, 0.29) is 11.8 Å². The van der Waals surface area contributed by atoms with Gasteiger partial charge in [-0.15, -0.1) is 0 Å². The quantitative estimate of drug-likeness (QED) is 0.735. The number of rotatable bonds is 3. The molecule has 3 rings (SSSR count). The largest absolute Gasteiger partial charge is 0.496 e.